The number of benzene rings is 2. The van der Waals surface area contributed by atoms with Crippen molar-refractivity contribution in [2.45, 2.75) is 25.9 Å². The van der Waals surface area contributed by atoms with Crippen LogP contribution in [0.1, 0.15) is 24.1 Å². The van der Waals surface area contributed by atoms with Crippen molar-refractivity contribution in [3.05, 3.63) is 69.3 Å². The van der Waals surface area contributed by atoms with E-state index in [2.05, 4.69) is 12.1 Å². The fraction of sp³-hybridized carbons (Fsp3) is 0.263. The number of thiazole rings is 1. The molecule has 0 N–H and O–H groups in total. The van der Waals surface area contributed by atoms with Crippen molar-refractivity contribution >= 4 is 27.5 Å². The second kappa shape index (κ2) is 5.91. The second-order valence-electron chi connectivity index (χ2n) is 6.16. The normalized spacial score (nSPS) is 15.3. The maximum atomic E-state index is 13.0. The van der Waals surface area contributed by atoms with E-state index in [1.807, 2.05) is 48.2 Å². The molecule has 1 amide bonds. The molecule has 0 radical (unpaired) electrons. The van der Waals surface area contributed by atoms with E-state index in [1.165, 1.54) is 22.5 Å². The van der Waals surface area contributed by atoms with Crippen LogP contribution in [-0.2, 0) is 17.8 Å². The smallest absolute Gasteiger partial charge is 0.308 e. The summed E-state index contributed by atoms with van der Waals surface area (Å²) < 4.78 is 2.55. The fourth-order valence-corrected chi connectivity index (χ4v) is 4.37. The van der Waals surface area contributed by atoms with E-state index < -0.39 is 6.04 Å². The van der Waals surface area contributed by atoms with Crippen LogP contribution in [0.15, 0.2) is 53.3 Å². The van der Waals surface area contributed by atoms with Gasteiger partial charge in [0.2, 0.25) is 5.91 Å². The Balaban J connectivity index is 1.65. The first-order valence-electron chi connectivity index (χ1n) is 8.11. The first-order chi connectivity index (χ1) is 11.6. The number of hydrogen-bond acceptors (Lipinski definition) is 3. The topological polar surface area (TPSA) is 42.3 Å². The number of fused-ring (bicyclic) bond motifs is 2. The minimum atomic E-state index is -0.487. The summed E-state index contributed by atoms with van der Waals surface area (Å²) in [4.78, 5) is 27.1. The lowest BCUT2D eigenvalue weighted by atomic mass is 9.99. The minimum Gasteiger partial charge on any atom is -0.336 e. The highest BCUT2D eigenvalue weighted by Crippen LogP contribution is 2.24. The first kappa shape index (κ1) is 15.1. The van der Waals surface area contributed by atoms with Gasteiger partial charge in [0.15, 0.2) is 0 Å². The van der Waals surface area contributed by atoms with Crippen LogP contribution in [0.3, 0.4) is 0 Å². The quantitative estimate of drug-likeness (QED) is 0.720. The third-order valence-corrected chi connectivity index (χ3v) is 5.64. The molecule has 1 aliphatic heterocycles. The largest absolute Gasteiger partial charge is 0.336 e. The van der Waals surface area contributed by atoms with Crippen LogP contribution in [0.25, 0.3) is 10.2 Å². The highest BCUT2D eigenvalue weighted by molar-refractivity contribution is 7.16. The Bertz CT molecular complexity index is 973. The number of carbonyl (C=O) groups excluding carboxylic acids is 1. The van der Waals surface area contributed by atoms with Crippen LogP contribution in [0.5, 0.6) is 0 Å². The van der Waals surface area contributed by atoms with Gasteiger partial charge in [-0.2, -0.15) is 0 Å². The Hall–Kier alpha value is -2.40. The van der Waals surface area contributed by atoms with Crippen molar-refractivity contribution in [1.29, 1.82) is 0 Å². The number of rotatable bonds is 2. The van der Waals surface area contributed by atoms with Crippen LogP contribution >= 0.6 is 11.3 Å². The monoisotopic (exact) mass is 338 g/mol. The van der Waals surface area contributed by atoms with Crippen molar-refractivity contribution in [2.24, 2.45) is 0 Å². The van der Waals surface area contributed by atoms with Gasteiger partial charge in [0.25, 0.3) is 0 Å². The predicted molar refractivity (Wildman–Crippen MR) is 96.4 cm³/mol. The van der Waals surface area contributed by atoms with Gasteiger partial charge < -0.3 is 4.90 Å². The summed E-state index contributed by atoms with van der Waals surface area (Å²) >= 11 is 1.20. The third-order valence-electron chi connectivity index (χ3n) is 4.71. The molecule has 1 atom stereocenters. The fourth-order valence-electron chi connectivity index (χ4n) is 3.41. The zero-order chi connectivity index (χ0) is 16.7. The number of aromatic nitrogens is 1. The number of amides is 1. The average molecular weight is 338 g/mol. The van der Waals surface area contributed by atoms with E-state index in [0.717, 1.165) is 16.6 Å². The number of carbonyl (C=O) groups is 1. The first-order valence-corrected chi connectivity index (χ1v) is 8.92. The Labute approximate surface area is 144 Å². The molecule has 0 bridgehead atoms. The van der Waals surface area contributed by atoms with Crippen LogP contribution in [0, 0.1) is 0 Å². The SMILES string of the molecule is C[C@H](C(=O)N1CCc2ccccc2C1)n1c(=O)sc2ccccc21. The van der Waals surface area contributed by atoms with Crippen molar-refractivity contribution in [3.63, 3.8) is 0 Å². The maximum absolute atomic E-state index is 13.0. The molecule has 0 fully saturated rings. The molecule has 3 aromatic rings. The van der Waals surface area contributed by atoms with E-state index >= 15 is 0 Å². The highest BCUT2D eigenvalue weighted by atomic mass is 32.1. The van der Waals surface area contributed by atoms with E-state index in [-0.39, 0.29) is 10.8 Å². The maximum Gasteiger partial charge on any atom is 0.308 e. The molecule has 122 valence electrons. The molecule has 0 spiro atoms. The molecule has 0 saturated carbocycles. The summed E-state index contributed by atoms with van der Waals surface area (Å²) in [6.45, 7) is 3.15. The molecule has 4 rings (SSSR count). The number of hydrogen-bond donors (Lipinski definition) is 0. The van der Waals surface area contributed by atoms with E-state index in [4.69, 9.17) is 0 Å². The van der Waals surface area contributed by atoms with Crippen molar-refractivity contribution in [3.8, 4) is 0 Å². The summed E-state index contributed by atoms with van der Waals surface area (Å²) in [5, 5.41) is 0. The van der Waals surface area contributed by atoms with E-state index in [9.17, 15) is 9.59 Å². The van der Waals surface area contributed by atoms with Gasteiger partial charge in [0.05, 0.1) is 10.2 Å². The van der Waals surface area contributed by atoms with Crippen molar-refractivity contribution in [1.82, 2.24) is 9.47 Å². The Morgan fingerprint density at radius 1 is 1.08 bits per heavy atom. The summed E-state index contributed by atoms with van der Waals surface area (Å²) in [7, 11) is 0. The molecule has 4 nitrogen and oxygen atoms in total. The molecule has 0 saturated heterocycles. The van der Waals surface area contributed by atoms with E-state index in [1.54, 1.807) is 4.57 Å². The van der Waals surface area contributed by atoms with Crippen LogP contribution in [0.2, 0.25) is 0 Å². The molecule has 0 unspecified atom stereocenters. The van der Waals surface area contributed by atoms with Crippen LogP contribution in [0.4, 0.5) is 0 Å². The van der Waals surface area contributed by atoms with Gasteiger partial charge in [0.1, 0.15) is 6.04 Å². The Morgan fingerprint density at radius 2 is 1.79 bits per heavy atom. The standard InChI is InChI=1S/C19H18N2O2S/c1-13(21-16-8-4-5-9-17(16)24-19(21)23)18(22)20-11-10-14-6-2-3-7-15(14)12-20/h2-9,13H,10-12H2,1H3/t13-/m1/s1. The molecule has 1 aliphatic rings. The van der Waals surface area contributed by atoms with Gasteiger partial charge >= 0.3 is 4.87 Å². The highest BCUT2D eigenvalue weighted by Gasteiger charge is 2.27. The molecular formula is C19H18N2O2S. The van der Waals surface area contributed by atoms with Gasteiger partial charge in [-0.05, 0) is 36.6 Å². The predicted octanol–water partition coefficient (Wildman–Crippen LogP) is 3.21. The zero-order valence-electron chi connectivity index (χ0n) is 13.4. The van der Waals surface area contributed by atoms with Gasteiger partial charge in [-0.25, -0.2) is 0 Å². The van der Waals surface area contributed by atoms with Gasteiger partial charge in [0, 0.05) is 13.1 Å². The molecular weight excluding hydrogens is 320 g/mol. The van der Waals surface area contributed by atoms with Gasteiger partial charge in [-0.3, -0.25) is 14.2 Å². The lowest BCUT2D eigenvalue weighted by molar-refractivity contribution is -0.135. The third kappa shape index (κ3) is 2.45. The Morgan fingerprint density at radius 3 is 2.62 bits per heavy atom. The summed E-state index contributed by atoms with van der Waals surface area (Å²) in [5.74, 6) is 0.00940. The van der Waals surface area contributed by atoms with Crippen LogP contribution in [-0.4, -0.2) is 21.9 Å². The molecule has 2 heterocycles. The lowest BCUT2D eigenvalue weighted by Crippen LogP contribution is -2.41. The zero-order valence-corrected chi connectivity index (χ0v) is 14.3. The van der Waals surface area contributed by atoms with Gasteiger partial charge in [-0.15, -0.1) is 0 Å². The molecule has 1 aromatic heterocycles. The molecule has 5 heteroatoms. The average Bonchev–Trinajstić information content (AvgIpc) is 2.95. The Kier molecular flexibility index (Phi) is 3.73. The van der Waals surface area contributed by atoms with Gasteiger partial charge in [-0.1, -0.05) is 47.7 Å². The molecule has 2 aromatic carbocycles. The van der Waals surface area contributed by atoms with Crippen LogP contribution < -0.4 is 4.87 Å². The van der Waals surface area contributed by atoms with Crippen molar-refractivity contribution in [2.75, 3.05) is 6.54 Å². The minimum absolute atomic E-state index is 0.00940. The molecule has 0 aliphatic carbocycles. The summed E-state index contributed by atoms with van der Waals surface area (Å²) in [6.07, 6.45) is 0.869. The lowest BCUT2D eigenvalue weighted by Gasteiger charge is -2.31. The number of para-hydroxylation sites is 1. The summed E-state index contributed by atoms with van der Waals surface area (Å²) in [6, 6.07) is 15.4. The number of nitrogens with zero attached hydrogens (tertiary/aromatic N) is 2. The molecule has 24 heavy (non-hydrogen) atoms. The second-order valence-corrected chi connectivity index (χ2v) is 7.15. The van der Waals surface area contributed by atoms with E-state index in [0.29, 0.717) is 13.1 Å². The summed E-state index contributed by atoms with van der Waals surface area (Å²) in [5.41, 5.74) is 3.35. The van der Waals surface area contributed by atoms with Crippen molar-refractivity contribution < 1.29 is 4.79 Å².